The maximum atomic E-state index is 13.5. The monoisotopic (exact) mass is 477 g/mol. The summed E-state index contributed by atoms with van der Waals surface area (Å²) in [5.74, 6) is -0.126. The van der Waals surface area contributed by atoms with Crippen molar-refractivity contribution in [2.75, 3.05) is 13.2 Å². The Morgan fingerprint density at radius 3 is 2.44 bits per heavy atom. The predicted molar refractivity (Wildman–Crippen MR) is 129 cm³/mol. The van der Waals surface area contributed by atoms with Gasteiger partial charge in [0.25, 0.3) is 10.0 Å². The van der Waals surface area contributed by atoms with Gasteiger partial charge in [-0.3, -0.25) is 4.79 Å². The SMILES string of the molecule is CCOC(=O)COc1ccc(S(=O)(=O)n2cc(C=O)c3cc(-c4ccccc4)ccc32)cc1C. The Morgan fingerprint density at radius 2 is 1.76 bits per heavy atom. The molecule has 0 saturated carbocycles. The van der Waals surface area contributed by atoms with Gasteiger partial charge in [-0.15, -0.1) is 0 Å². The third-order valence-electron chi connectivity index (χ3n) is 5.39. The second-order valence-corrected chi connectivity index (χ2v) is 9.44. The lowest BCUT2D eigenvalue weighted by molar-refractivity contribution is -0.145. The van der Waals surface area contributed by atoms with Gasteiger partial charge in [-0.05, 0) is 60.9 Å². The number of aromatic nitrogens is 1. The van der Waals surface area contributed by atoms with Gasteiger partial charge < -0.3 is 9.47 Å². The van der Waals surface area contributed by atoms with Crippen LogP contribution in [0.25, 0.3) is 22.0 Å². The predicted octanol–water partition coefficient (Wildman–Crippen LogP) is 4.61. The lowest BCUT2D eigenvalue weighted by Crippen LogP contribution is -2.15. The van der Waals surface area contributed by atoms with Gasteiger partial charge in [-0.2, -0.15) is 0 Å². The molecule has 0 fully saturated rings. The summed E-state index contributed by atoms with van der Waals surface area (Å²) in [6, 6.07) is 19.4. The van der Waals surface area contributed by atoms with Gasteiger partial charge in [0.2, 0.25) is 0 Å². The van der Waals surface area contributed by atoms with E-state index in [1.165, 1.54) is 24.4 Å². The second-order valence-electron chi connectivity index (χ2n) is 7.62. The van der Waals surface area contributed by atoms with Crippen molar-refractivity contribution >= 4 is 33.2 Å². The first-order valence-electron chi connectivity index (χ1n) is 10.7. The molecule has 34 heavy (non-hydrogen) atoms. The Balaban J connectivity index is 1.71. The summed E-state index contributed by atoms with van der Waals surface area (Å²) in [5, 5.41) is 0.547. The first-order valence-corrected chi connectivity index (χ1v) is 12.1. The van der Waals surface area contributed by atoms with Crippen LogP contribution >= 0.6 is 0 Å². The van der Waals surface area contributed by atoms with E-state index < -0.39 is 16.0 Å². The zero-order valence-electron chi connectivity index (χ0n) is 18.7. The summed E-state index contributed by atoms with van der Waals surface area (Å²) >= 11 is 0. The Hall–Kier alpha value is -3.91. The third kappa shape index (κ3) is 4.45. The number of ether oxygens (including phenoxy) is 2. The van der Waals surface area contributed by atoms with Crippen molar-refractivity contribution < 1.29 is 27.5 Å². The molecule has 174 valence electrons. The van der Waals surface area contributed by atoms with E-state index in [9.17, 15) is 18.0 Å². The number of aldehydes is 1. The molecule has 0 saturated heterocycles. The van der Waals surface area contributed by atoms with Gasteiger partial charge in [-0.1, -0.05) is 36.4 Å². The molecular formula is C26H23NO6S. The molecule has 0 amide bonds. The van der Waals surface area contributed by atoms with Crippen molar-refractivity contribution in [3.05, 3.63) is 84.1 Å². The van der Waals surface area contributed by atoms with E-state index in [1.807, 2.05) is 42.5 Å². The zero-order valence-corrected chi connectivity index (χ0v) is 19.5. The maximum Gasteiger partial charge on any atom is 0.344 e. The van der Waals surface area contributed by atoms with E-state index in [1.54, 1.807) is 19.9 Å². The summed E-state index contributed by atoms with van der Waals surface area (Å²) in [4.78, 5) is 23.3. The molecule has 0 N–H and O–H groups in total. The molecule has 0 spiro atoms. The molecule has 3 aromatic carbocycles. The lowest BCUT2D eigenvalue weighted by Gasteiger charge is -2.12. The molecule has 7 nitrogen and oxygen atoms in total. The fourth-order valence-electron chi connectivity index (χ4n) is 3.72. The fraction of sp³-hybridized carbons (Fsp3) is 0.154. The largest absolute Gasteiger partial charge is 0.482 e. The summed E-state index contributed by atoms with van der Waals surface area (Å²) in [5.41, 5.74) is 3.07. The van der Waals surface area contributed by atoms with Gasteiger partial charge >= 0.3 is 5.97 Å². The van der Waals surface area contributed by atoms with Crippen LogP contribution in [0.2, 0.25) is 0 Å². The lowest BCUT2D eigenvalue weighted by atomic mass is 10.0. The topological polar surface area (TPSA) is 91.7 Å². The van der Waals surface area contributed by atoms with Crippen LogP contribution in [0.1, 0.15) is 22.8 Å². The quantitative estimate of drug-likeness (QED) is 0.272. The molecule has 0 aliphatic carbocycles. The minimum Gasteiger partial charge on any atom is -0.482 e. The first kappa shape index (κ1) is 23.3. The normalized spacial score (nSPS) is 11.4. The van der Waals surface area contributed by atoms with Crippen LogP contribution in [0.15, 0.2) is 77.8 Å². The van der Waals surface area contributed by atoms with E-state index in [4.69, 9.17) is 9.47 Å². The second kappa shape index (κ2) is 9.52. The standard InChI is InChI=1S/C26H23NO6S/c1-3-32-26(29)17-33-25-12-10-22(13-18(25)2)34(30,31)27-15-21(16-28)23-14-20(9-11-24(23)27)19-7-5-4-6-8-19/h4-16H,3,17H2,1-2H3. The van der Waals surface area contributed by atoms with Crippen LogP contribution in [0.4, 0.5) is 0 Å². The highest BCUT2D eigenvalue weighted by Crippen LogP contribution is 2.31. The molecule has 0 unspecified atom stereocenters. The van der Waals surface area contributed by atoms with E-state index in [0.29, 0.717) is 28.5 Å². The third-order valence-corrected chi connectivity index (χ3v) is 7.06. The van der Waals surface area contributed by atoms with Crippen molar-refractivity contribution in [1.82, 2.24) is 3.97 Å². The van der Waals surface area contributed by atoms with Crippen LogP contribution in [-0.2, 0) is 19.6 Å². The highest BCUT2D eigenvalue weighted by Gasteiger charge is 2.22. The van der Waals surface area contributed by atoms with Crippen molar-refractivity contribution in [3.63, 3.8) is 0 Å². The minimum absolute atomic E-state index is 0.0370. The molecule has 0 aliphatic rings. The van der Waals surface area contributed by atoms with Gasteiger partial charge in [0.15, 0.2) is 12.9 Å². The Morgan fingerprint density at radius 1 is 1.00 bits per heavy atom. The van der Waals surface area contributed by atoms with Crippen molar-refractivity contribution in [2.24, 2.45) is 0 Å². The summed E-state index contributed by atoms with van der Waals surface area (Å²) < 4.78 is 38.4. The van der Waals surface area contributed by atoms with E-state index in [-0.39, 0.29) is 23.7 Å². The highest BCUT2D eigenvalue weighted by atomic mass is 32.2. The van der Waals surface area contributed by atoms with Gasteiger partial charge in [0.05, 0.1) is 17.0 Å². The van der Waals surface area contributed by atoms with Crippen LogP contribution < -0.4 is 4.74 Å². The number of hydrogen-bond donors (Lipinski definition) is 0. The van der Waals surface area contributed by atoms with E-state index >= 15 is 0 Å². The summed E-state index contributed by atoms with van der Waals surface area (Å²) in [6.45, 7) is 3.37. The van der Waals surface area contributed by atoms with Gasteiger partial charge in [0.1, 0.15) is 5.75 Å². The first-order chi connectivity index (χ1) is 16.3. The summed E-state index contributed by atoms with van der Waals surface area (Å²) in [7, 11) is -4.00. The van der Waals surface area contributed by atoms with Crippen LogP contribution in [0.5, 0.6) is 5.75 Å². The minimum atomic E-state index is -4.00. The molecule has 1 heterocycles. The molecule has 1 aromatic heterocycles. The Kier molecular flexibility index (Phi) is 6.51. The molecule has 4 aromatic rings. The summed E-state index contributed by atoms with van der Waals surface area (Å²) in [6.07, 6.45) is 1.99. The van der Waals surface area contributed by atoms with Crippen molar-refractivity contribution in [1.29, 1.82) is 0 Å². The highest BCUT2D eigenvalue weighted by molar-refractivity contribution is 7.90. The number of nitrogens with zero attached hydrogens (tertiary/aromatic N) is 1. The zero-order chi connectivity index (χ0) is 24.3. The average molecular weight is 478 g/mol. The van der Waals surface area contributed by atoms with Crippen LogP contribution in [-0.4, -0.2) is 37.9 Å². The number of carbonyl (C=O) groups is 2. The number of aryl methyl sites for hydroxylation is 1. The molecule has 0 bridgehead atoms. The fourth-order valence-corrected chi connectivity index (χ4v) is 5.19. The molecule has 0 aliphatic heterocycles. The van der Waals surface area contributed by atoms with Crippen LogP contribution in [0.3, 0.4) is 0 Å². The Labute approximate surface area is 197 Å². The number of benzene rings is 3. The maximum absolute atomic E-state index is 13.5. The molecule has 0 atom stereocenters. The molecule has 0 radical (unpaired) electrons. The van der Waals surface area contributed by atoms with Crippen molar-refractivity contribution in [2.45, 2.75) is 18.7 Å². The number of carbonyl (C=O) groups excluding carboxylic acids is 2. The Bertz CT molecular complexity index is 1470. The molecular weight excluding hydrogens is 454 g/mol. The number of hydrogen-bond acceptors (Lipinski definition) is 6. The van der Waals surface area contributed by atoms with E-state index in [0.717, 1.165) is 15.1 Å². The van der Waals surface area contributed by atoms with Gasteiger partial charge in [0, 0.05) is 17.1 Å². The number of rotatable bonds is 8. The number of fused-ring (bicyclic) bond motifs is 1. The number of esters is 1. The van der Waals surface area contributed by atoms with Gasteiger partial charge in [-0.25, -0.2) is 17.2 Å². The average Bonchev–Trinajstić information content (AvgIpc) is 3.23. The molecule has 8 heteroatoms. The van der Waals surface area contributed by atoms with Crippen molar-refractivity contribution in [3.8, 4) is 16.9 Å². The van der Waals surface area contributed by atoms with Crippen LogP contribution in [0, 0.1) is 6.92 Å². The molecule has 4 rings (SSSR count). The van der Waals surface area contributed by atoms with E-state index in [2.05, 4.69) is 0 Å². The smallest absolute Gasteiger partial charge is 0.344 e.